The monoisotopic (exact) mass is 541 g/mol. The molecule has 192 valence electrons. The van der Waals surface area contributed by atoms with E-state index in [2.05, 4.69) is 5.32 Å². The van der Waals surface area contributed by atoms with Gasteiger partial charge in [0, 0.05) is 17.1 Å². The zero-order valence-corrected chi connectivity index (χ0v) is 23.0. The van der Waals surface area contributed by atoms with Crippen LogP contribution in [0.1, 0.15) is 39.7 Å². The van der Waals surface area contributed by atoms with Crippen LogP contribution in [0.25, 0.3) is 0 Å². The minimum absolute atomic E-state index is 0.101. The second-order valence-corrected chi connectivity index (χ2v) is 12.1. The zero-order valence-electron chi connectivity index (χ0n) is 20.7. The van der Waals surface area contributed by atoms with Gasteiger partial charge in [0.1, 0.15) is 12.6 Å². The first-order valence-corrected chi connectivity index (χ1v) is 13.9. The third-order valence-corrected chi connectivity index (χ3v) is 6.89. The maximum Gasteiger partial charge on any atom is 0.244 e. The number of sulfonamides is 1. The van der Waals surface area contributed by atoms with Crippen LogP contribution in [0.4, 0.5) is 5.69 Å². The molecule has 0 unspecified atom stereocenters. The van der Waals surface area contributed by atoms with Crippen LogP contribution in [0.15, 0.2) is 48.5 Å². The molecule has 0 aliphatic carbocycles. The minimum Gasteiger partial charge on any atom is -0.350 e. The summed E-state index contributed by atoms with van der Waals surface area (Å²) in [7, 11) is -3.87. The number of carbonyl (C=O) groups is 2. The molecule has 0 saturated heterocycles. The van der Waals surface area contributed by atoms with Crippen LogP contribution < -0.4 is 9.62 Å². The number of anilines is 1. The Kier molecular flexibility index (Phi) is 10.0. The van der Waals surface area contributed by atoms with Crippen molar-refractivity contribution < 1.29 is 18.0 Å². The Morgan fingerprint density at radius 1 is 1.06 bits per heavy atom. The zero-order chi connectivity index (χ0) is 26.4. The molecule has 0 aliphatic rings. The van der Waals surface area contributed by atoms with Gasteiger partial charge < -0.3 is 10.2 Å². The first-order chi connectivity index (χ1) is 16.2. The van der Waals surface area contributed by atoms with Gasteiger partial charge in [-0.2, -0.15) is 0 Å². The molecule has 0 fully saturated rings. The molecule has 2 rings (SSSR count). The molecule has 1 N–H and O–H groups in total. The SMILES string of the molecule is CC[C@@H](C(=O)NC(C)(C)C)N(CCc1ccccc1)C(=O)CN(c1ccc(Cl)cc1Cl)S(C)(=O)=O. The quantitative estimate of drug-likeness (QED) is 0.478. The van der Waals surface area contributed by atoms with E-state index >= 15 is 0 Å². The molecule has 0 aromatic heterocycles. The Bertz CT molecular complexity index is 1140. The van der Waals surface area contributed by atoms with Gasteiger partial charge in [0.2, 0.25) is 21.8 Å². The van der Waals surface area contributed by atoms with E-state index in [0.717, 1.165) is 16.1 Å². The van der Waals surface area contributed by atoms with Crippen molar-refractivity contribution >= 4 is 50.7 Å². The molecule has 1 atom stereocenters. The Morgan fingerprint density at radius 2 is 1.69 bits per heavy atom. The number of benzene rings is 2. The smallest absolute Gasteiger partial charge is 0.244 e. The fourth-order valence-electron chi connectivity index (χ4n) is 3.63. The fourth-order valence-corrected chi connectivity index (χ4v) is 5.05. The summed E-state index contributed by atoms with van der Waals surface area (Å²) < 4.78 is 26.2. The molecule has 2 aromatic carbocycles. The van der Waals surface area contributed by atoms with Crippen molar-refractivity contribution in [1.29, 1.82) is 0 Å². The van der Waals surface area contributed by atoms with Crippen molar-refractivity contribution in [3.63, 3.8) is 0 Å². The summed E-state index contributed by atoms with van der Waals surface area (Å²) in [5, 5.41) is 3.38. The molecule has 0 bridgehead atoms. The standard InChI is InChI=1S/C25H33Cl2N3O4S/c1-6-21(24(32)28-25(2,3)4)29(15-14-18-10-8-7-9-11-18)23(31)17-30(35(5,33)34)22-13-12-19(26)16-20(22)27/h7-13,16,21H,6,14-15,17H2,1-5H3,(H,28,32)/t21-/m0/s1. The topological polar surface area (TPSA) is 86.8 Å². The van der Waals surface area contributed by atoms with Crippen LogP contribution in [0.3, 0.4) is 0 Å². The molecule has 0 radical (unpaired) electrons. The molecule has 0 aliphatic heterocycles. The van der Waals surface area contributed by atoms with Gasteiger partial charge in [-0.3, -0.25) is 13.9 Å². The summed E-state index contributed by atoms with van der Waals surface area (Å²) in [6, 6.07) is 13.2. The van der Waals surface area contributed by atoms with Crippen LogP contribution in [0.5, 0.6) is 0 Å². The van der Waals surface area contributed by atoms with Gasteiger partial charge in [-0.05, 0) is 57.4 Å². The highest BCUT2D eigenvalue weighted by Gasteiger charge is 2.33. The molecule has 0 saturated carbocycles. The van der Waals surface area contributed by atoms with Gasteiger partial charge in [0.05, 0.1) is 17.0 Å². The highest BCUT2D eigenvalue weighted by atomic mass is 35.5. The molecule has 7 nitrogen and oxygen atoms in total. The second-order valence-electron chi connectivity index (χ2n) is 9.35. The summed E-state index contributed by atoms with van der Waals surface area (Å²) in [4.78, 5) is 28.2. The van der Waals surface area contributed by atoms with Crippen molar-refractivity contribution in [2.24, 2.45) is 0 Å². The first kappa shape index (κ1) is 28.9. The van der Waals surface area contributed by atoms with Crippen LogP contribution >= 0.6 is 23.2 Å². The van der Waals surface area contributed by atoms with Crippen molar-refractivity contribution in [2.45, 2.75) is 52.1 Å². The maximum absolute atomic E-state index is 13.6. The van der Waals surface area contributed by atoms with Crippen molar-refractivity contribution in [3.8, 4) is 0 Å². The predicted octanol–water partition coefficient (Wildman–Crippen LogP) is 4.52. The van der Waals surface area contributed by atoms with Crippen molar-refractivity contribution in [2.75, 3.05) is 23.7 Å². The number of amides is 2. The summed E-state index contributed by atoms with van der Waals surface area (Å²) in [5.41, 5.74) is 0.646. The molecule has 2 aromatic rings. The summed E-state index contributed by atoms with van der Waals surface area (Å²) in [6.45, 7) is 7.14. The third kappa shape index (κ3) is 8.70. The van der Waals surface area contributed by atoms with E-state index in [4.69, 9.17) is 23.2 Å². The van der Waals surface area contributed by atoms with E-state index in [1.165, 1.54) is 23.1 Å². The Labute approximate surface area is 218 Å². The number of halogens is 2. The lowest BCUT2D eigenvalue weighted by Crippen LogP contribution is -2.56. The third-order valence-electron chi connectivity index (χ3n) is 5.23. The molecule has 10 heteroatoms. The van der Waals surface area contributed by atoms with Crippen LogP contribution in [0.2, 0.25) is 10.0 Å². The van der Waals surface area contributed by atoms with Gasteiger partial charge in [-0.25, -0.2) is 8.42 Å². The summed E-state index contributed by atoms with van der Waals surface area (Å²) in [6.07, 6.45) is 1.87. The average molecular weight is 543 g/mol. The van der Waals surface area contributed by atoms with Gasteiger partial charge in [0.25, 0.3) is 0 Å². The summed E-state index contributed by atoms with van der Waals surface area (Å²) in [5.74, 6) is -0.801. The Morgan fingerprint density at radius 3 is 2.20 bits per heavy atom. The molecular formula is C25H33Cl2N3O4S. The molecule has 35 heavy (non-hydrogen) atoms. The van der Waals surface area contributed by atoms with Crippen molar-refractivity contribution in [3.05, 3.63) is 64.1 Å². The maximum atomic E-state index is 13.6. The highest BCUT2D eigenvalue weighted by Crippen LogP contribution is 2.30. The van der Waals surface area contributed by atoms with Crippen molar-refractivity contribution in [1.82, 2.24) is 10.2 Å². The lowest BCUT2D eigenvalue weighted by atomic mass is 10.1. The normalized spacial score (nSPS) is 12.7. The lowest BCUT2D eigenvalue weighted by Gasteiger charge is -2.34. The average Bonchev–Trinajstić information content (AvgIpc) is 2.74. The predicted molar refractivity (Wildman–Crippen MR) is 142 cm³/mol. The summed E-state index contributed by atoms with van der Waals surface area (Å²) >= 11 is 12.2. The number of hydrogen-bond acceptors (Lipinski definition) is 4. The van der Waals surface area contributed by atoms with Gasteiger partial charge in [-0.15, -0.1) is 0 Å². The van der Waals surface area contributed by atoms with E-state index in [9.17, 15) is 18.0 Å². The van der Waals surface area contributed by atoms with Crippen LogP contribution in [-0.4, -0.2) is 56.1 Å². The van der Waals surface area contributed by atoms with Gasteiger partial charge in [-0.1, -0.05) is 60.5 Å². The number of hydrogen-bond donors (Lipinski definition) is 1. The molecule has 2 amide bonds. The van der Waals surface area contributed by atoms with E-state index in [0.29, 0.717) is 17.9 Å². The largest absolute Gasteiger partial charge is 0.350 e. The lowest BCUT2D eigenvalue weighted by molar-refractivity contribution is -0.140. The van der Waals surface area contributed by atoms with Crippen LogP contribution in [0, 0.1) is 0 Å². The van der Waals surface area contributed by atoms with E-state index in [-0.39, 0.29) is 23.2 Å². The van der Waals surface area contributed by atoms with E-state index in [1.807, 2.05) is 58.0 Å². The van der Waals surface area contributed by atoms with Gasteiger partial charge >= 0.3 is 0 Å². The highest BCUT2D eigenvalue weighted by molar-refractivity contribution is 7.92. The number of nitrogens with zero attached hydrogens (tertiary/aromatic N) is 2. The van der Waals surface area contributed by atoms with Gasteiger partial charge in [0.15, 0.2) is 0 Å². The molecular weight excluding hydrogens is 509 g/mol. The number of rotatable bonds is 10. The second kappa shape index (κ2) is 12.1. The fraction of sp³-hybridized carbons (Fsp3) is 0.440. The molecule has 0 spiro atoms. The first-order valence-electron chi connectivity index (χ1n) is 11.3. The van der Waals surface area contributed by atoms with E-state index in [1.54, 1.807) is 0 Å². The van der Waals surface area contributed by atoms with Crippen LogP contribution in [-0.2, 0) is 26.0 Å². The minimum atomic E-state index is -3.87. The Hall–Kier alpha value is -2.29. The number of nitrogens with one attached hydrogen (secondary N) is 1. The number of carbonyl (C=O) groups excluding carboxylic acids is 2. The Balaban J connectivity index is 2.41. The molecule has 0 heterocycles. The van der Waals surface area contributed by atoms with E-state index < -0.39 is 34.1 Å².